The predicted octanol–water partition coefficient (Wildman–Crippen LogP) is 3.30. The first-order valence-electron chi connectivity index (χ1n) is 7.34. The Balaban J connectivity index is 2.76. The molecule has 1 N–H and O–H groups in total. The summed E-state index contributed by atoms with van der Waals surface area (Å²) in [5.41, 5.74) is 0.938. The van der Waals surface area contributed by atoms with Gasteiger partial charge >= 0.3 is 0 Å². The average Bonchev–Trinajstić information content (AvgIpc) is 2.39. The van der Waals surface area contributed by atoms with Crippen LogP contribution in [0.1, 0.15) is 51.6 Å². The van der Waals surface area contributed by atoms with Crippen LogP contribution >= 0.6 is 0 Å². The lowest BCUT2D eigenvalue weighted by atomic mass is 10.2. The van der Waals surface area contributed by atoms with Crippen LogP contribution in [0.25, 0.3) is 0 Å². The molecule has 1 heterocycles. The van der Waals surface area contributed by atoms with Crippen molar-refractivity contribution >= 4 is 0 Å². The molecule has 1 aromatic heterocycles. The van der Waals surface area contributed by atoms with Crippen LogP contribution in [0.5, 0.6) is 5.75 Å². The van der Waals surface area contributed by atoms with Gasteiger partial charge in [-0.1, -0.05) is 33.8 Å². The molecule has 4 heteroatoms. The minimum absolute atomic E-state index is 0.320. The van der Waals surface area contributed by atoms with E-state index < -0.39 is 0 Å². The summed E-state index contributed by atoms with van der Waals surface area (Å²) < 4.78 is 5.73. The van der Waals surface area contributed by atoms with Gasteiger partial charge in [0.1, 0.15) is 5.82 Å². The van der Waals surface area contributed by atoms with Crippen LogP contribution in [0.4, 0.5) is 0 Å². The highest BCUT2D eigenvalue weighted by Crippen LogP contribution is 2.18. The topological polar surface area (TPSA) is 47.0 Å². The third-order valence-electron chi connectivity index (χ3n) is 2.79. The molecule has 0 fully saturated rings. The van der Waals surface area contributed by atoms with Gasteiger partial charge in [-0.2, -0.15) is 0 Å². The van der Waals surface area contributed by atoms with Gasteiger partial charge in [0.15, 0.2) is 5.75 Å². The molecule has 0 saturated carbocycles. The van der Waals surface area contributed by atoms with E-state index in [1.807, 2.05) is 6.08 Å². The maximum Gasteiger partial charge on any atom is 0.160 e. The van der Waals surface area contributed by atoms with Gasteiger partial charge in [-0.3, -0.25) is 0 Å². The van der Waals surface area contributed by atoms with Gasteiger partial charge < -0.3 is 10.1 Å². The van der Waals surface area contributed by atoms with Crippen molar-refractivity contribution in [2.24, 2.45) is 5.92 Å². The molecule has 4 nitrogen and oxygen atoms in total. The van der Waals surface area contributed by atoms with Crippen LogP contribution in [-0.4, -0.2) is 23.1 Å². The van der Waals surface area contributed by atoms with Gasteiger partial charge in [0, 0.05) is 12.5 Å². The lowest BCUT2D eigenvalue weighted by Crippen LogP contribution is -2.21. The first kappa shape index (κ1) is 16.6. The molecule has 0 amide bonds. The molecule has 1 rings (SSSR count). The molecule has 0 spiro atoms. The highest BCUT2D eigenvalue weighted by molar-refractivity contribution is 5.25. The summed E-state index contributed by atoms with van der Waals surface area (Å²) in [6.07, 6.45) is 4.46. The summed E-state index contributed by atoms with van der Waals surface area (Å²) in [4.78, 5) is 8.99. The third kappa shape index (κ3) is 5.70. The van der Waals surface area contributed by atoms with Crippen LogP contribution in [-0.2, 0) is 6.54 Å². The molecule has 0 radical (unpaired) electrons. The Morgan fingerprint density at radius 3 is 2.70 bits per heavy atom. The van der Waals surface area contributed by atoms with Crippen LogP contribution in [0, 0.1) is 5.92 Å². The quantitative estimate of drug-likeness (QED) is 0.556. The number of aromatic nitrogens is 2. The molecule has 0 bridgehead atoms. The van der Waals surface area contributed by atoms with Crippen LogP contribution < -0.4 is 10.1 Å². The molecular weight excluding hydrogens is 250 g/mol. The number of hydrogen-bond acceptors (Lipinski definition) is 4. The van der Waals surface area contributed by atoms with E-state index in [2.05, 4.69) is 49.6 Å². The van der Waals surface area contributed by atoms with Gasteiger partial charge in [0.2, 0.25) is 0 Å². The van der Waals surface area contributed by atoms with Crippen molar-refractivity contribution < 1.29 is 4.74 Å². The maximum atomic E-state index is 5.73. The summed E-state index contributed by atoms with van der Waals surface area (Å²) in [6.45, 7) is 14.6. The van der Waals surface area contributed by atoms with Gasteiger partial charge in [0.25, 0.3) is 0 Å². The van der Waals surface area contributed by atoms with Crippen molar-refractivity contribution in [3.8, 4) is 5.75 Å². The van der Waals surface area contributed by atoms with Crippen LogP contribution in [0.3, 0.4) is 0 Å². The van der Waals surface area contributed by atoms with E-state index in [1.54, 1.807) is 6.20 Å². The second kappa shape index (κ2) is 8.69. The molecule has 0 aliphatic rings. The largest absolute Gasteiger partial charge is 0.490 e. The summed E-state index contributed by atoms with van der Waals surface area (Å²) in [5.74, 6) is 2.57. The molecule has 0 atom stereocenters. The van der Waals surface area contributed by atoms with Crippen LogP contribution in [0.2, 0.25) is 0 Å². The van der Waals surface area contributed by atoms with Crippen LogP contribution in [0.15, 0.2) is 18.9 Å². The molecular formula is C16H27N3O. The Labute approximate surface area is 122 Å². The number of nitrogens with one attached hydrogen (secondary N) is 1. The first-order valence-corrected chi connectivity index (χ1v) is 7.34. The molecule has 0 aliphatic heterocycles. The maximum absolute atomic E-state index is 5.73. The zero-order valence-corrected chi connectivity index (χ0v) is 13.1. The third-order valence-corrected chi connectivity index (χ3v) is 2.79. The Morgan fingerprint density at radius 1 is 1.35 bits per heavy atom. The minimum Gasteiger partial charge on any atom is -0.490 e. The summed E-state index contributed by atoms with van der Waals surface area (Å²) in [7, 11) is 0. The van der Waals surface area contributed by atoms with E-state index in [0.29, 0.717) is 25.0 Å². The molecule has 0 saturated heterocycles. The zero-order valence-electron chi connectivity index (χ0n) is 13.1. The van der Waals surface area contributed by atoms with Crippen molar-refractivity contribution in [1.29, 1.82) is 0 Å². The lowest BCUT2D eigenvalue weighted by Gasteiger charge is -2.14. The fraction of sp³-hybridized carbons (Fsp3) is 0.625. The SMILES string of the molecule is C=CCCOc1cnc(C(C)C)nc1CNCC(C)C. The standard InChI is InChI=1S/C16H27N3O/c1-6-7-8-20-15-11-18-16(13(4)5)19-14(15)10-17-9-12(2)3/h6,11-13,17H,1,7-10H2,2-5H3. The Kier molecular flexibility index (Phi) is 7.23. The van der Waals surface area contributed by atoms with Gasteiger partial charge in [-0.15, -0.1) is 6.58 Å². The predicted molar refractivity (Wildman–Crippen MR) is 83.0 cm³/mol. The Bertz CT molecular complexity index is 416. The van der Waals surface area contributed by atoms with Crippen molar-refractivity contribution in [1.82, 2.24) is 15.3 Å². The number of ether oxygens (including phenoxy) is 1. The van der Waals surface area contributed by atoms with E-state index in [-0.39, 0.29) is 0 Å². The number of rotatable bonds is 9. The van der Waals surface area contributed by atoms with E-state index in [4.69, 9.17) is 4.74 Å². The second-order valence-corrected chi connectivity index (χ2v) is 5.64. The van der Waals surface area contributed by atoms with Crippen molar-refractivity contribution in [2.45, 2.75) is 46.6 Å². The summed E-state index contributed by atoms with van der Waals surface area (Å²) >= 11 is 0. The van der Waals surface area contributed by atoms with E-state index in [1.165, 1.54) is 0 Å². The Hall–Kier alpha value is -1.42. The summed E-state index contributed by atoms with van der Waals surface area (Å²) in [6, 6.07) is 0. The van der Waals surface area contributed by atoms with E-state index in [9.17, 15) is 0 Å². The van der Waals surface area contributed by atoms with E-state index >= 15 is 0 Å². The summed E-state index contributed by atoms with van der Waals surface area (Å²) in [5, 5.41) is 3.41. The Morgan fingerprint density at radius 2 is 2.10 bits per heavy atom. The minimum atomic E-state index is 0.320. The molecule has 20 heavy (non-hydrogen) atoms. The molecule has 112 valence electrons. The molecule has 0 aromatic carbocycles. The fourth-order valence-corrected chi connectivity index (χ4v) is 1.68. The lowest BCUT2D eigenvalue weighted by molar-refractivity contribution is 0.316. The monoisotopic (exact) mass is 277 g/mol. The highest BCUT2D eigenvalue weighted by Gasteiger charge is 2.10. The van der Waals surface area contributed by atoms with Crippen molar-refractivity contribution in [2.75, 3.05) is 13.2 Å². The zero-order chi connectivity index (χ0) is 15.0. The second-order valence-electron chi connectivity index (χ2n) is 5.64. The molecule has 0 aliphatic carbocycles. The van der Waals surface area contributed by atoms with Gasteiger partial charge in [0.05, 0.1) is 18.5 Å². The van der Waals surface area contributed by atoms with E-state index in [0.717, 1.165) is 30.2 Å². The molecule has 1 aromatic rings. The normalized spacial score (nSPS) is 11.1. The van der Waals surface area contributed by atoms with Gasteiger partial charge in [-0.05, 0) is 18.9 Å². The molecule has 0 unspecified atom stereocenters. The number of hydrogen-bond donors (Lipinski definition) is 1. The smallest absolute Gasteiger partial charge is 0.160 e. The fourth-order valence-electron chi connectivity index (χ4n) is 1.68. The van der Waals surface area contributed by atoms with Gasteiger partial charge in [-0.25, -0.2) is 9.97 Å². The average molecular weight is 277 g/mol. The highest BCUT2D eigenvalue weighted by atomic mass is 16.5. The van der Waals surface area contributed by atoms with Crippen molar-refractivity contribution in [3.63, 3.8) is 0 Å². The number of nitrogens with zero attached hydrogens (tertiary/aromatic N) is 2. The van der Waals surface area contributed by atoms with Crippen molar-refractivity contribution in [3.05, 3.63) is 30.4 Å². The first-order chi connectivity index (χ1) is 9.54.